The molecule has 1 saturated carbocycles. The third-order valence-electron chi connectivity index (χ3n) is 4.25. The van der Waals surface area contributed by atoms with Gasteiger partial charge in [0, 0.05) is 21.8 Å². The molecule has 132 valence electrons. The number of aryl methyl sites for hydroxylation is 1. The van der Waals surface area contributed by atoms with Gasteiger partial charge in [-0.2, -0.15) is 0 Å². The number of hydrogen-bond donors (Lipinski definition) is 2. The normalized spacial score (nSPS) is 15.7. The summed E-state index contributed by atoms with van der Waals surface area (Å²) >= 11 is 1.70. The van der Waals surface area contributed by atoms with Crippen LogP contribution < -0.4 is 10.5 Å². The number of rotatable bonds is 7. The highest BCUT2D eigenvalue weighted by molar-refractivity contribution is 8.01. The van der Waals surface area contributed by atoms with E-state index in [0.29, 0.717) is 12.1 Å². The predicted molar refractivity (Wildman–Crippen MR) is 99.1 cm³/mol. The largest absolute Gasteiger partial charge is 0.366 e. The summed E-state index contributed by atoms with van der Waals surface area (Å²) in [5.74, 6) is -0.632. The van der Waals surface area contributed by atoms with E-state index in [9.17, 15) is 13.2 Å². The summed E-state index contributed by atoms with van der Waals surface area (Å²) in [5.41, 5.74) is 6.19. The SMILES string of the molecule is Cc1ccc(S(=O)(=O)NCC2(Sc3ccccc3)CC2)cc1C(N)=O. The van der Waals surface area contributed by atoms with Crippen LogP contribution in [0.3, 0.4) is 0 Å². The van der Waals surface area contributed by atoms with Gasteiger partial charge in [-0.25, -0.2) is 13.1 Å². The lowest BCUT2D eigenvalue weighted by atomic mass is 10.1. The molecule has 0 radical (unpaired) electrons. The standard InChI is InChI=1S/C18H20N2O3S2/c1-13-7-8-15(11-16(13)17(19)21)25(22,23)20-12-18(9-10-18)24-14-5-3-2-4-6-14/h2-8,11,20H,9-10,12H2,1H3,(H2,19,21). The van der Waals surface area contributed by atoms with Crippen LogP contribution in [0.4, 0.5) is 0 Å². The molecule has 3 N–H and O–H groups in total. The van der Waals surface area contributed by atoms with Gasteiger partial charge in [-0.3, -0.25) is 4.79 Å². The molecule has 3 rings (SSSR count). The minimum absolute atomic E-state index is 0.0624. The van der Waals surface area contributed by atoms with E-state index >= 15 is 0 Å². The average Bonchev–Trinajstić information content (AvgIpc) is 3.34. The molecule has 0 heterocycles. The molecule has 0 spiro atoms. The molecule has 1 amide bonds. The summed E-state index contributed by atoms with van der Waals surface area (Å²) < 4.78 is 27.7. The summed E-state index contributed by atoms with van der Waals surface area (Å²) in [6.07, 6.45) is 1.94. The Balaban J connectivity index is 1.72. The van der Waals surface area contributed by atoms with Crippen molar-refractivity contribution in [1.82, 2.24) is 4.72 Å². The van der Waals surface area contributed by atoms with Crippen LogP contribution in [-0.2, 0) is 10.0 Å². The average molecular weight is 377 g/mol. The molecule has 7 heteroatoms. The van der Waals surface area contributed by atoms with Gasteiger partial charge < -0.3 is 5.73 Å². The quantitative estimate of drug-likeness (QED) is 0.777. The first kappa shape index (κ1) is 18.0. The number of nitrogens with one attached hydrogen (secondary N) is 1. The van der Waals surface area contributed by atoms with E-state index in [1.54, 1.807) is 24.8 Å². The first-order valence-corrected chi connectivity index (χ1v) is 10.3. The van der Waals surface area contributed by atoms with Gasteiger partial charge in [0.15, 0.2) is 0 Å². The van der Waals surface area contributed by atoms with E-state index in [-0.39, 0.29) is 15.2 Å². The first-order valence-electron chi connectivity index (χ1n) is 7.96. The fourth-order valence-electron chi connectivity index (χ4n) is 2.54. The van der Waals surface area contributed by atoms with Crippen LogP contribution >= 0.6 is 11.8 Å². The molecule has 2 aromatic rings. The maximum absolute atomic E-state index is 12.6. The van der Waals surface area contributed by atoms with Crippen molar-refractivity contribution in [3.63, 3.8) is 0 Å². The number of carbonyl (C=O) groups excluding carboxylic acids is 1. The summed E-state index contributed by atoms with van der Waals surface area (Å²) in [6.45, 7) is 2.08. The zero-order valence-corrected chi connectivity index (χ0v) is 15.5. The highest BCUT2D eigenvalue weighted by Crippen LogP contribution is 2.51. The molecule has 0 bridgehead atoms. The van der Waals surface area contributed by atoms with Crippen molar-refractivity contribution in [1.29, 1.82) is 0 Å². The third kappa shape index (κ3) is 4.23. The molecule has 1 aliphatic rings. The van der Waals surface area contributed by atoms with Crippen LogP contribution in [0.25, 0.3) is 0 Å². The second kappa shape index (κ2) is 6.82. The number of benzene rings is 2. The van der Waals surface area contributed by atoms with Crippen molar-refractivity contribution in [3.8, 4) is 0 Å². The Kier molecular flexibility index (Phi) is 4.90. The lowest BCUT2D eigenvalue weighted by molar-refractivity contribution is 0.0999. The molecular formula is C18H20N2O3S2. The van der Waals surface area contributed by atoms with Crippen molar-refractivity contribution < 1.29 is 13.2 Å². The molecule has 1 aliphatic carbocycles. The molecule has 0 atom stereocenters. The molecule has 0 saturated heterocycles. The van der Waals surface area contributed by atoms with E-state index in [1.807, 2.05) is 30.3 Å². The summed E-state index contributed by atoms with van der Waals surface area (Å²) in [6, 6.07) is 14.4. The number of nitrogens with two attached hydrogens (primary N) is 1. The van der Waals surface area contributed by atoms with E-state index in [0.717, 1.165) is 17.7 Å². The van der Waals surface area contributed by atoms with Gasteiger partial charge in [0.2, 0.25) is 15.9 Å². The Morgan fingerprint density at radius 1 is 1.20 bits per heavy atom. The minimum Gasteiger partial charge on any atom is -0.366 e. The maximum Gasteiger partial charge on any atom is 0.249 e. The highest BCUT2D eigenvalue weighted by atomic mass is 32.2. The van der Waals surface area contributed by atoms with E-state index in [2.05, 4.69) is 4.72 Å². The number of thioether (sulfide) groups is 1. The fourth-order valence-corrected chi connectivity index (χ4v) is 5.02. The second-order valence-electron chi connectivity index (χ2n) is 6.26. The van der Waals surface area contributed by atoms with Gasteiger partial charge >= 0.3 is 0 Å². The Labute approximate surface area is 152 Å². The van der Waals surface area contributed by atoms with Crippen molar-refractivity contribution >= 4 is 27.7 Å². The Morgan fingerprint density at radius 3 is 2.48 bits per heavy atom. The predicted octanol–water partition coefficient (Wildman–Crippen LogP) is 2.70. The smallest absolute Gasteiger partial charge is 0.249 e. The van der Waals surface area contributed by atoms with E-state index < -0.39 is 15.9 Å². The van der Waals surface area contributed by atoms with Gasteiger partial charge in [-0.05, 0) is 49.6 Å². The van der Waals surface area contributed by atoms with Gasteiger partial charge in [0.1, 0.15) is 0 Å². The molecule has 0 aliphatic heterocycles. The van der Waals surface area contributed by atoms with Crippen LogP contribution in [0.1, 0.15) is 28.8 Å². The summed E-state index contributed by atoms with van der Waals surface area (Å²) in [4.78, 5) is 12.6. The van der Waals surface area contributed by atoms with Crippen molar-refractivity contribution in [3.05, 3.63) is 59.7 Å². The van der Waals surface area contributed by atoms with Gasteiger partial charge in [0.05, 0.1) is 4.90 Å². The summed E-state index contributed by atoms with van der Waals surface area (Å²) in [7, 11) is -3.69. The maximum atomic E-state index is 12.6. The van der Waals surface area contributed by atoms with E-state index in [4.69, 9.17) is 5.73 Å². The Hall–Kier alpha value is -1.83. The minimum atomic E-state index is -3.69. The van der Waals surface area contributed by atoms with E-state index in [1.165, 1.54) is 12.1 Å². The van der Waals surface area contributed by atoms with Gasteiger partial charge in [-0.1, -0.05) is 24.3 Å². The Bertz CT molecular complexity index is 892. The molecule has 0 unspecified atom stereocenters. The Morgan fingerprint density at radius 2 is 1.88 bits per heavy atom. The number of hydrogen-bond acceptors (Lipinski definition) is 4. The van der Waals surface area contributed by atoms with Crippen LogP contribution in [0.5, 0.6) is 0 Å². The van der Waals surface area contributed by atoms with Crippen molar-refractivity contribution in [2.75, 3.05) is 6.54 Å². The molecular weight excluding hydrogens is 356 g/mol. The topological polar surface area (TPSA) is 89.3 Å². The molecule has 0 aromatic heterocycles. The molecule has 25 heavy (non-hydrogen) atoms. The van der Waals surface area contributed by atoms with Crippen LogP contribution in [0.2, 0.25) is 0 Å². The fraction of sp³-hybridized carbons (Fsp3) is 0.278. The van der Waals surface area contributed by atoms with Crippen LogP contribution in [0.15, 0.2) is 58.3 Å². The van der Waals surface area contributed by atoms with Gasteiger partial charge in [-0.15, -0.1) is 11.8 Å². The number of amides is 1. The number of sulfonamides is 1. The van der Waals surface area contributed by atoms with Crippen LogP contribution in [0, 0.1) is 6.92 Å². The van der Waals surface area contributed by atoms with Crippen molar-refractivity contribution in [2.24, 2.45) is 5.73 Å². The molecule has 5 nitrogen and oxygen atoms in total. The zero-order valence-electron chi connectivity index (χ0n) is 13.9. The second-order valence-corrected chi connectivity index (χ2v) is 9.57. The molecule has 1 fully saturated rings. The lowest BCUT2D eigenvalue weighted by Crippen LogP contribution is -2.32. The molecule has 2 aromatic carbocycles. The first-order chi connectivity index (χ1) is 11.8. The number of primary amides is 1. The van der Waals surface area contributed by atoms with Crippen molar-refractivity contribution in [2.45, 2.75) is 34.3 Å². The highest BCUT2D eigenvalue weighted by Gasteiger charge is 2.44. The summed E-state index contributed by atoms with van der Waals surface area (Å²) in [5, 5.41) is 0. The monoisotopic (exact) mass is 376 g/mol. The lowest BCUT2D eigenvalue weighted by Gasteiger charge is -2.16. The third-order valence-corrected chi connectivity index (χ3v) is 7.15. The number of carbonyl (C=O) groups is 1. The zero-order chi connectivity index (χ0) is 18.1. The van der Waals surface area contributed by atoms with Gasteiger partial charge in [0.25, 0.3) is 0 Å². The van der Waals surface area contributed by atoms with Crippen LogP contribution in [-0.4, -0.2) is 25.6 Å².